The number of esters is 1. The minimum atomic E-state index is -2.43. The van der Waals surface area contributed by atoms with Gasteiger partial charge in [-0.15, -0.1) is 0 Å². The molecule has 0 aliphatic carbocycles. The fourth-order valence-corrected chi connectivity index (χ4v) is 13.5. The van der Waals surface area contributed by atoms with Crippen molar-refractivity contribution in [3.63, 3.8) is 0 Å². The van der Waals surface area contributed by atoms with E-state index >= 15 is 9.59 Å². The average molecular weight is 1490 g/mol. The van der Waals surface area contributed by atoms with Crippen LogP contribution < -0.4 is 53.0 Å². The van der Waals surface area contributed by atoms with Crippen LogP contribution in [0.3, 0.4) is 0 Å². The fraction of sp³-hybridized carbons (Fsp3) is 0.616. The van der Waals surface area contributed by atoms with Gasteiger partial charge in [0, 0.05) is 52.9 Å². The molecule has 0 radical (unpaired) electrons. The lowest BCUT2D eigenvalue weighted by Crippen LogP contribution is -2.61. The lowest BCUT2D eigenvalue weighted by molar-refractivity contribution is -0.161. The minimum Gasteiger partial charge on any atom is -0.497 e. The molecule has 15 atom stereocenters. The number of carbonyl (C=O) groups excluding carboxylic acids is 14. The predicted molar refractivity (Wildman–Crippen MR) is 382 cm³/mol. The summed E-state index contributed by atoms with van der Waals surface area (Å²) in [6.45, 7) is 8.91. The quantitative estimate of drug-likeness (QED) is 0.0443. The summed E-state index contributed by atoms with van der Waals surface area (Å²) in [4.78, 5) is 204. The number of rotatable bonds is 22. The molecule has 0 aromatic heterocycles. The van der Waals surface area contributed by atoms with Gasteiger partial charge in [-0.1, -0.05) is 82.7 Å². The molecule has 33 heteroatoms. The van der Waals surface area contributed by atoms with Crippen LogP contribution in [0, 0.1) is 11.8 Å². The van der Waals surface area contributed by atoms with Gasteiger partial charge >= 0.3 is 5.97 Å². The van der Waals surface area contributed by atoms with Crippen LogP contribution in [0.2, 0.25) is 0 Å². The first kappa shape index (κ1) is 85.3. The van der Waals surface area contributed by atoms with Crippen molar-refractivity contribution in [2.24, 2.45) is 17.6 Å². The molecule has 0 spiro atoms. The number of nitrogens with one attached hydrogen (secondary N) is 8. The molecule has 2 aromatic rings. The van der Waals surface area contributed by atoms with Crippen molar-refractivity contribution in [3.8, 4) is 5.75 Å². The molecule has 4 aliphatic rings. The van der Waals surface area contributed by atoms with Crippen molar-refractivity contribution in [3.05, 3.63) is 77.5 Å². The van der Waals surface area contributed by atoms with Crippen LogP contribution in [-0.2, 0) is 84.7 Å². The molecule has 13 amide bonds. The van der Waals surface area contributed by atoms with E-state index in [0.717, 1.165) is 17.9 Å². The maximum Gasteiger partial charge on any atom is 0.329 e. The van der Waals surface area contributed by atoms with Crippen molar-refractivity contribution < 1.29 is 97.0 Å². The van der Waals surface area contributed by atoms with Gasteiger partial charge in [-0.25, -0.2) is 4.79 Å². The Hall–Kier alpha value is -9.60. The van der Waals surface area contributed by atoms with E-state index in [1.165, 1.54) is 42.7 Å². The Morgan fingerprint density at radius 1 is 0.670 bits per heavy atom. The number of amides is 13. The van der Waals surface area contributed by atoms with E-state index in [-0.39, 0.29) is 76.9 Å². The molecule has 2 aromatic carbocycles. The molecule has 584 valence electrons. The number of likely N-dealkylation sites (N-methyl/N-ethyl adjacent to an activating group) is 1. The molecular formula is C73H107N13O20. The Morgan fingerprint density at radius 3 is 1.83 bits per heavy atom. The second-order valence-corrected chi connectivity index (χ2v) is 28.1. The molecule has 6 rings (SSSR count). The molecule has 4 saturated heterocycles. The molecule has 14 N–H and O–H groups in total. The van der Waals surface area contributed by atoms with Gasteiger partial charge in [-0.3, -0.25) is 62.3 Å². The first-order valence-electron chi connectivity index (χ1n) is 36.3. The predicted octanol–water partition coefficient (Wildman–Crippen LogP) is -2.11. The summed E-state index contributed by atoms with van der Waals surface area (Å²) < 4.78 is 11.5. The van der Waals surface area contributed by atoms with Crippen LogP contribution in [0.15, 0.2) is 66.4 Å². The van der Waals surface area contributed by atoms with Crippen molar-refractivity contribution in [1.82, 2.24) is 62.1 Å². The van der Waals surface area contributed by atoms with E-state index in [0.29, 0.717) is 36.1 Å². The summed E-state index contributed by atoms with van der Waals surface area (Å²) in [5.41, 5.74) is 6.34. The van der Waals surface area contributed by atoms with Gasteiger partial charge < -0.3 is 97.8 Å². The Morgan fingerprint density at radius 2 is 1.25 bits per heavy atom. The summed E-state index contributed by atoms with van der Waals surface area (Å²) in [6.07, 6.45) is -6.60. The first-order chi connectivity index (χ1) is 50.3. The van der Waals surface area contributed by atoms with Gasteiger partial charge in [-0.2, -0.15) is 0 Å². The number of carbonyl (C=O) groups is 14. The molecule has 0 bridgehead atoms. The highest BCUT2D eigenvalue weighted by Crippen LogP contribution is 2.28. The van der Waals surface area contributed by atoms with E-state index in [1.807, 2.05) is 0 Å². The van der Waals surface area contributed by atoms with Gasteiger partial charge in [-0.05, 0) is 120 Å². The number of hydrogen-bond acceptors (Lipinski definition) is 20. The smallest absolute Gasteiger partial charge is 0.329 e. The second kappa shape index (κ2) is 40.8. The molecular weight excluding hydrogens is 1380 g/mol. The number of allylic oxidation sites excluding steroid dienone is 1. The van der Waals surface area contributed by atoms with Crippen LogP contribution in [0.25, 0.3) is 0 Å². The van der Waals surface area contributed by atoms with Crippen LogP contribution in [0.4, 0.5) is 0 Å². The van der Waals surface area contributed by atoms with E-state index in [9.17, 15) is 78.0 Å². The molecule has 4 aliphatic heterocycles. The van der Waals surface area contributed by atoms with Crippen molar-refractivity contribution in [1.29, 1.82) is 0 Å². The van der Waals surface area contributed by atoms with Gasteiger partial charge in [0.05, 0.1) is 38.5 Å². The molecule has 4 fully saturated rings. The number of ether oxygens (including phenoxy) is 2. The summed E-state index contributed by atoms with van der Waals surface area (Å²) in [7, 11) is 2.86. The zero-order chi connectivity index (χ0) is 78.2. The summed E-state index contributed by atoms with van der Waals surface area (Å²) in [5.74, 6) is -13.4. The number of aryl methyl sites for hydroxylation is 1. The fourth-order valence-electron chi connectivity index (χ4n) is 13.5. The third-order valence-electron chi connectivity index (χ3n) is 19.8. The van der Waals surface area contributed by atoms with Crippen LogP contribution in [0.1, 0.15) is 143 Å². The number of nitrogens with zero attached hydrogens (tertiary/aromatic N) is 4. The van der Waals surface area contributed by atoms with Crippen LogP contribution in [0.5, 0.6) is 5.75 Å². The van der Waals surface area contributed by atoms with E-state index in [4.69, 9.17) is 15.2 Å². The molecule has 0 saturated carbocycles. The number of fused-ring (bicyclic) bond motifs is 3. The van der Waals surface area contributed by atoms with Crippen molar-refractivity contribution >= 4 is 82.8 Å². The SMILES string of the molecule is C/C=C1/NC(=O)[C@H](CO)NC(=O)[C@@H]([C@@H](C)CC)NC(=O)[C@@H]2CCCN2C(=O)[C@@H]2CCCN2C(=O)CNC(=O)[C@@H](CCC(N)=O)NC(=O)C(O)C(CC(CC(O)Cc2ccccc2)OC(=O)[C@H](CC(C)C)N(C)C(C)=O)NC(=O)[C@@H]2CCCN2C(=O)[C@@H](CCc2ccc(OC)cc2)NC(=O)[C@H]([C@@H](C)O)NC1=O. The largest absolute Gasteiger partial charge is 0.497 e. The van der Waals surface area contributed by atoms with Crippen molar-refractivity contribution in [2.45, 2.75) is 230 Å². The third-order valence-corrected chi connectivity index (χ3v) is 19.8. The zero-order valence-corrected chi connectivity index (χ0v) is 61.8. The Bertz CT molecular complexity index is 3470. The number of aliphatic hydroxyl groups is 4. The number of benzene rings is 2. The molecule has 4 heterocycles. The Labute approximate surface area is 616 Å². The number of aliphatic hydroxyl groups excluding tert-OH is 4. The van der Waals surface area contributed by atoms with Gasteiger partial charge in [0.25, 0.3) is 11.8 Å². The van der Waals surface area contributed by atoms with Gasteiger partial charge in [0.15, 0.2) is 6.10 Å². The molecule has 106 heavy (non-hydrogen) atoms. The standard InChI is InChI=1S/C73H107N13O20/c1-10-41(5)60-68(99)80-53(39-87)65(96)76-49(11-2)64(95)82-61(42(6)88)69(100)78-51(28-25-44-23-26-47(105-9)27-24-44)71(102)85-32-15-20-54(85)66(97)79-52(37-48(36-46(90)35-45-18-13-12-14-19-45)106-73(104)57(34-40(3)4)83(8)43(7)89)62(93)70(101)77-50(29-30-58(74)91)63(94)75-38-59(92)84-31-17-22-56(84)72(103)86-33-16-21-55(86)67(98)81-60/h11-14,18-19,23-24,26-27,40-42,46,48,50-57,60-62,87-88,90,93H,10,15-17,20-22,25,28-39H2,1-9H3,(H2,74,91)(H,75,94)(H,76,96)(H,77,101)(H,78,100)(H,79,97)(H,80,99)(H,81,98)(H,82,95)/b49-11+/t41-,42+,46?,48?,50+,51+,52?,53-,54-,55-,56-,57-,60+,61-,62?/m0/s1. The van der Waals surface area contributed by atoms with Crippen LogP contribution in [-0.4, -0.2) is 255 Å². The monoisotopic (exact) mass is 1490 g/mol. The number of primary amides is 1. The van der Waals surface area contributed by atoms with Crippen LogP contribution >= 0.6 is 0 Å². The summed E-state index contributed by atoms with van der Waals surface area (Å²) >= 11 is 0. The molecule has 33 nitrogen and oxygen atoms in total. The topological polar surface area (TPSA) is 474 Å². The number of hydrogen-bond donors (Lipinski definition) is 13. The Balaban J connectivity index is 1.45. The number of methoxy groups -OCH3 is 1. The first-order valence-corrected chi connectivity index (χ1v) is 36.3. The second-order valence-electron chi connectivity index (χ2n) is 28.1. The normalized spacial score (nSPS) is 25.8. The maximum absolute atomic E-state index is 15.3. The lowest BCUT2D eigenvalue weighted by atomic mass is 9.95. The third kappa shape index (κ3) is 24.0. The van der Waals surface area contributed by atoms with Crippen molar-refractivity contribution in [2.75, 3.05) is 46.9 Å². The highest BCUT2D eigenvalue weighted by atomic mass is 16.5. The van der Waals surface area contributed by atoms with Gasteiger partial charge in [0.2, 0.25) is 65.0 Å². The van der Waals surface area contributed by atoms with E-state index in [1.54, 1.807) is 82.3 Å². The summed E-state index contributed by atoms with van der Waals surface area (Å²) in [5, 5.41) is 66.0. The highest BCUT2D eigenvalue weighted by molar-refractivity contribution is 6.03. The average Bonchev–Trinajstić information content (AvgIpc) is 1.64. The highest BCUT2D eigenvalue weighted by Gasteiger charge is 2.46. The van der Waals surface area contributed by atoms with E-state index in [2.05, 4.69) is 42.5 Å². The lowest BCUT2D eigenvalue weighted by Gasteiger charge is -2.34. The summed E-state index contributed by atoms with van der Waals surface area (Å²) in [6, 6.07) is 0.341. The maximum atomic E-state index is 15.3. The number of nitrogens with two attached hydrogens (primary N) is 1. The Kier molecular flexibility index (Phi) is 32.8. The van der Waals surface area contributed by atoms with Gasteiger partial charge in [0.1, 0.15) is 71.9 Å². The minimum absolute atomic E-state index is 0.00923. The molecule has 4 unspecified atom stereocenters. The zero-order valence-electron chi connectivity index (χ0n) is 61.8. The van der Waals surface area contributed by atoms with E-state index < -0.39 is 218 Å².